The molecule has 0 amide bonds. The SMILES string of the molecule is CCCCCCCCS(=O)CC(CO)Nc1ccccc1. The summed E-state index contributed by atoms with van der Waals surface area (Å²) in [5, 5.41) is 12.6. The van der Waals surface area contributed by atoms with Crippen LogP contribution in [0.1, 0.15) is 45.4 Å². The molecule has 0 bridgehead atoms. The molecule has 0 aliphatic heterocycles. The van der Waals surface area contributed by atoms with Crippen LogP contribution in [0.5, 0.6) is 0 Å². The smallest absolute Gasteiger partial charge is 0.0641 e. The molecule has 120 valence electrons. The van der Waals surface area contributed by atoms with Crippen LogP contribution in [-0.4, -0.2) is 33.5 Å². The van der Waals surface area contributed by atoms with Crippen molar-refractivity contribution < 1.29 is 9.32 Å². The van der Waals surface area contributed by atoms with Crippen molar-refractivity contribution in [2.75, 3.05) is 23.4 Å². The van der Waals surface area contributed by atoms with E-state index in [1.165, 1.54) is 32.1 Å². The second-order valence-electron chi connectivity index (χ2n) is 5.47. The average molecular weight is 311 g/mol. The van der Waals surface area contributed by atoms with Gasteiger partial charge in [-0.1, -0.05) is 57.2 Å². The first-order valence-electron chi connectivity index (χ1n) is 8.03. The van der Waals surface area contributed by atoms with Crippen molar-refractivity contribution in [3.05, 3.63) is 30.3 Å². The Morgan fingerprint density at radius 3 is 2.43 bits per heavy atom. The zero-order valence-corrected chi connectivity index (χ0v) is 13.9. The number of para-hydroxylation sites is 1. The minimum absolute atomic E-state index is 0.0110. The van der Waals surface area contributed by atoms with Gasteiger partial charge in [-0.25, -0.2) is 0 Å². The van der Waals surface area contributed by atoms with Gasteiger partial charge in [0.05, 0.1) is 12.6 Å². The molecule has 1 aromatic carbocycles. The number of aliphatic hydroxyl groups is 1. The normalized spacial score (nSPS) is 13.8. The monoisotopic (exact) mass is 311 g/mol. The number of hydrogen-bond donors (Lipinski definition) is 2. The van der Waals surface area contributed by atoms with Gasteiger partial charge in [0, 0.05) is 28.0 Å². The van der Waals surface area contributed by atoms with Crippen molar-refractivity contribution in [1.82, 2.24) is 0 Å². The molecule has 0 aromatic heterocycles. The Morgan fingerprint density at radius 2 is 1.76 bits per heavy atom. The lowest BCUT2D eigenvalue weighted by atomic mass is 10.1. The number of benzene rings is 1. The van der Waals surface area contributed by atoms with Crippen LogP contribution in [-0.2, 0) is 10.8 Å². The maximum absolute atomic E-state index is 12.1. The molecule has 2 atom stereocenters. The average Bonchev–Trinajstić information content (AvgIpc) is 2.51. The molecule has 2 unspecified atom stereocenters. The molecule has 2 N–H and O–H groups in total. The molecule has 0 radical (unpaired) electrons. The Labute approximate surface area is 131 Å². The van der Waals surface area contributed by atoms with Crippen LogP contribution in [0, 0.1) is 0 Å². The lowest BCUT2D eigenvalue weighted by Crippen LogP contribution is -2.30. The molecule has 0 heterocycles. The van der Waals surface area contributed by atoms with Gasteiger partial charge in [0.25, 0.3) is 0 Å². The van der Waals surface area contributed by atoms with E-state index in [1.807, 2.05) is 30.3 Å². The standard InChI is InChI=1S/C17H29NO2S/c1-2-3-4-5-6-10-13-21(20)15-17(14-19)18-16-11-8-7-9-12-16/h7-9,11-12,17-19H,2-6,10,13-15H2,1H3. The molecule has 1 aromatic rings. The fraction of sp³-hybridized carbons (Fsp3) is 0.647. The molecule has 0 aliphatic carbocycles. The van der Waals surface area contributed by atoms with Crippen LogP contribution in [0.25, 0.3) is 0 Å². The first-order chi connectivity index (χ1) is 10.3. The van der Waals surface area contributed by atoms with E-state index in [9.17, 15) is 9.32 Å². The van der Waals surface area contributed by atoms with Gasteiger partial charge < -0.3 is 10.4 Å². The molecular formula is C17H29NO2S. The predicted molar refractivity (Wildman–Crippen MR) is 92.2 cm³/mol. The molecule has 4 heteroatoms. The minimum atomic E-state index is -0.853. The third kappa shape index (κ3) is 8.89. The van der Waals surface area contributed by atoms with Gasteiger partial charge in [0.2, 0.25) is 0 Å². The topological polar surface area (TPSA) is 49.3 Å². The van der Waals surface area contributed by atoms with Crippen LogP contribution in [0.4, 0.5) is 5.69 Å². The number of hydrogen-bond acceptors (Lipinski definition) is 3. The second kappa shape index (κ2) is 11.8. The zero-order valence-electron chi connectivity index (χ0n) is 13.1. The summed E-state index contributed by atoms with van der Waals surface area (Å²) in [5.41, 5.74) is 0.966. The molecule has 0 saturated carbocycles. The maximum Gasteiger partial charge on any atom is 0.0641 e. The van der Waals surface area contributed by atoms with Crippen molar-refractivity contribution in [3.8, 4) is 0 Å². The summed E-state index contributed by atoms with van der Waals surface area (Å²) < 4.78 is 12.1. The Hall–Kier alpha value is -0.870. The van der Waals surface area contributed by atoms with Crippen LogP contribution < -0.4 is 5.32 Å². The van der Waals surface area contributed by atoms with Crippen molar-refractivity contribution in [1.29, 1.82) is 0 Å². The highest BCUT2D eigenvalue weighted by Gasteiger charge is 2.11. The molecule has 21 heavy (non-hydrogen) atoms. The summed E-state index contributed by atoms with van der Waals surface area (Å²) in [4.78, 5) is 0. The van der Waals surface area contributed by atoms with Gasteiger partial charge in [-0.05, 0) is 18.6 Å². The summed E-state index contributed by atoms with van der Waals surface area (Å²) >= 11 is 0. The van der Waals surface area contributed by atoms with Crippen LogP contribution in [0.3, 0.4) is 0 Å². The van der Waals surface area contributed by atoms with Crippen molar-refractivity contribution >= 4 is 16.5 Å². The molecule has 1 rings (SSSR count). The largest absolute Gasteiger partial charge is 0.394 e. The van der Waals surface area contributed by atoms with E-state index in [0.29, 0.717) is 5.75 Å². The van der Waals surface area contributed by atoms with Gasteiger partial charge in [-0.2, -0.15) is 0 Å². The van der Waals surface area contributed by atoms with Crippen LogP contribution in [0.15, 0.2) is 30.3 Å². The van der Waals surface area contributed by atoms with Crippen LogP contribution in [0.2, 0.25) is 0 Å². The molecule has 0 fully saturated rings. The summed E-state index contributed by atoms with van der Waals surface area (Å²) in [6, 6.07) is 9.64. The summed E-state index contributed by atoms with van der Waals surface area (Å²) in [5.74, 6) is 1.26. The summed E-state index contributed by atoms with van der Waals surface area (Å²) in [6.07, 6.45) is 7.29. The number of rotatable bonds is 12. The maximum atomic E-state index is 12.1. The molecule has 3 nitrogen and oxygen atoms in total. The summed E-state index contributed by atoms with van der Waals surface area (Å²) in [7, 11) is -0.853. The van der Waals surface area contributed by atoms with E-state index in [2.05, 4.69) is 12.2 Å². The van der Waals surface area contributed by atoms with E-state index >= 15 is 0 Å². The number of anilines is 1. The molecule has 0 aliphatic rings. The zero-order chi connectivity index (χ0) is 15.3. The quantitative estimate of drug-likeness (QED) is 0.580. The number of nitrogens with one attached hydrogen (secondary N) is 1. The highest BCUT2D eigenvalue weighted by Crippen LogP contribution is 2.09. The second-order valence-corrected chi connectivity index (χ2v) is 7.09. The van der Waals surface area contributed by atoms with Crippen molar-refractivity contribution in [2.45, 2.75) is 51.5 Å². The predicted octanol–water partition coefficient (Wildman–Crippen LogP) is 3.57. The Morgan fingerprint density at radius 1 is 1.10 bits per heavy atom. The van der Waals surface area contributed by atoms with Crippen molar-refractivity contribution in [3.63, 3.8) is 0 Å². The first-order valence-corrected chi connectivity index (χ1v) is 9.52. The number of unbranched alkanes of at least 4 members (excludes halogenated alkanes) is 5. The lowest BCUT2D eigenvalue weighted by Gasteiger charge is -2.17. The third-order valence-electron chi connectivity index (χ3n) is 3.48. The van der Waals surface area contributed by atoms with Crippen LogP contribution >= 0.6 is 0 Å². The fourth-order valence-electron chi connectivity index (χ4n) is 2.26. The first kappa shape index (κ1) is 18.2. The van der Waals surface area contributed by atoms with E-state index in [1.54, 1.807) is 0 Å². The van der Waals surface area contributed by atoms with E-state index in [0.717, 1.165) is 17.9 Å². The van der Waals surface area contributed by atoms with Gasteiger partial charge in [-0.15, -0.1) is 0 Å². The van der Waals surface area contributed by atoms with E-state index in [4.69, 9.17) is 0 Å². The highest BCUT2D eigenvalue weighted by molar-refractivity contribution is 7.85. The van der Waals surface area contributed by atoms with Crippen molar-refractivity contribution in [2.24, 2.45) is 0 Å². The van der Waals surface area contributed by atoms with E-state index < -0.39 is 10.8 Å². The Bertz CT molecular complexity index is 384. The lowest BCUT2D eigenvalue weighted by molar-refractivity contribution is 0.282. The Kier molecular flexibility index (Phi) is 10.2. The fourth-order valence-corrected chi connectivity index (χ4v) is 3.59. The van der Waals surface area contributed by atoms with Gasteiger partial charge in [0.15, 0.2) is 0 Å². The molecular weight excluding hydrogens is 282 g/mol. The van der Waals surface area contributed by atoms with Gasteiger partial charge in [-0.3, -0.25) is 4.21 Å². The third-order valence-corrected chi connectivity index (χ3v) is 5.00. The summed E-state index contributed by atoms with van der Waals surface area (Å²) in [6.45, 7) is 2.22. The van der Waals surface area contributed by atoms with E-state index in [-0.39, 0.29) is 12.6 Å². The highest BCUT2D eigenvalue weighted by atomic mass is 32.2. The Balaban J connectivity index is 2.19. The molecule has 0 saturated heterocycles. The van der Waals surface area contributed by atoms with Gasteiger partial charge in [0.1, 0.15) is 0 Å². The van der Waals surface area contributed by atoms with Gasteiger partial charge >= 0.3 is 0 Å². The minimum Gasteiger partial charge on any atom is -0.394 e. The number of aliphatic hydroxyl groups excluding tert-OH is 1. The molecule has 0 spiro atoms.